The van der Waals surface area contributed by atoms with Crippen LogP contribution >= 0.6 is 0 Å². The number of aromatic carboxylic acids is 1. The smallest absolute Gasteiger partial charge is 0.335 e. The molecule has 2 aliphatic rings. The fourth-order valence-corrected chi connectivity index (χ4v) is 4.60. The van der Waals surface area contributed by atoms with Gasteiger partial charge >= 0.3 is 5.97 Å². The number of carboxylic acids is 1. The number of amides is 1. The molecule has 9 nitrogen and oxygen atoms in total. The second kappa shape index (κ2) is 9.02. The molecule has 0 radical (unpaired) electrons. The first-order valence-electron chi connectivity index (χ1n) is 11.1. The van der Waals surface area contributed by atoms with Crippen LogP contribution in [0.15, 0.2) is 24.4 Å². The van der Waals surface area contributed by atoms with Crippen molar-refractivity contribution in [2.75, 3.05) is 28.8 Å². The number of carbonyl (C=O) groups excluding carboxylic acids is 1. The Labute approximate surface area is 187 Å². The maximum absolute atomic E-state index is 13.0. The summed E-state index contributed by atoms with van der Waals surface area (Å²) >= 11 is 0. The lowest BCUT2D eigenvalue weighted by atomic mass is 10.0. The Morgan fingerprint density at radius 1 is 1.28 bits per heavy atom. The van der Waals surface area contributed by atoms with E-state index >= 15 is 0 Å². The Hall–Kier alpha value is -3.36. The number of ether oxygens (including phenoxy) is 1. The maximum Gasteiger partial charge on any atom is 0.335 e. The van der Waals surface area contributed by atoms with Gasteiger partial charge in [-0.3, -0.25) is 4.79 Å². The molecule has 0 unspecified atom stereocenters. The highest BCUT2D eigenvalue weighted by atomic mass is 16.5. The van der Waals surface area contributed by atoms with E-state index in [9.17, 15) is 14.7 Å². The molecule has 1 saturated carbocycles. The first kappa shape index (κ1) is 21.9. The Morgan fingerprint density at radius 3 is 2.69 bits per heavy atom. The predicted molar refractivity (Wildman–Crippen MR) is 122 cm³/mol. The summed E-state index contributed by atoms with van der Waals surface area (Å²) in [6.45, 7) is 4.26. The molecule has 0 spiro atoms. The van der Waals surface area contributed by atoms with Gasteiger partial charge in [0.1, 0.15) is 17.5 Å². The third-order valence-corrected chi connectivity index (χ3v) is 6.19. The molecule has 1 fully saturated rings. The maximum atomic E-state index is 13.0. The molecule has 1 amide bonds. The van der Waals surface area contributed by atoms with E-state index < -0.39 is 5.97 Å². The number of aromatic nitrogens is 2. The highest BCUT2D eigenvalue weighted by Gasteiger charge is 2.41. The highest BCUT2D eigenvalue weighted by Crippen LogP contribution is 2.40. The molecule has 0 saturated heterocycles. The number of nitrogens with one attached hydrogen (secondary N) is 1. The third-order valence-electron chi connectivity index (χ3n) is 6.19. The molecule has 2 N–H and O–H groups in total. The van der Waals surface area contributed by atoms with Crippen LogP contribution in [0.2, 0.25) is 0 Å². The zero-order valence-corrected chi connectivity index (χ0v) is 18.7. The summed E-state index contributed by atoms with van der Waals surface area (Å²) in [6.07, 6.45) is 6.77. The Morgan fingerprint density at radius 2 is 2.03 bits per heavy atom. The van der Waals surface area contributed by atoms with Gasteiger partial charge in [-0.25, -0.2) is 9.78 Å². The van der Waals surface area contributed by atoms with Crippen LogP contribution in [-0.4, -0.2) is 52.7 Å². The molecule has 1 aliphatic heterocycles. The van der Waals surface area contributed by atoms with Crippen molar-refractivity contribution in [1.29, 1.82) is 0 Å². The van der Waals surface area contributed by atoms with E-state index in [2.05, 4.69) is 15.2 Å². The van der Waals surface area contributed by atoms with Crippen LogP contribution in [0.1, 0.15) is 56.3 Å². The molecule has 170 valence electrons. The first-order valence-corrected chi connectivity index (χ1v) is 11.1. The van der Waals surface area contributed by atoms with Crippen LogP contribution in [0.3, 0.4) is 0 Å². The molecule has 1 aliphatic carbocycles. The number of fused-ring (bicyclic) bond motifs is 1. The second-order valence-corrected chi connectivity index (χ2v) is 8.14. The topological polar surface area (TPSA) is 108 Å². The molecule has 2 heterocycles. The van der Waals surface area contributed by atoms with Crippen LogP contribution in [0.5, 0.6) is 5.75 Å². The number of hydrogen-bond acceptors (Lipinski definition) is 7. The highest BCUT2D eigenvalue weighted by molar-refractivity contribution is 6.04. The number of rotatable bonds is 7. The van der Waals surface area contributed by atoms with Crippen LogP contribution in [0.25, 0.3) is 0 Å². The van der Waals surface area contributed by atoms with E-state index in [1.54, 1.807) is 24.2 Å². The van der Waals surface area contributed by atoms with Gasteiger partial charge in [-0.15, -0.1) is 0 Å². The number of hydrogen-bond donors (Lipinski definition) is 2. The third kappa shape index (κ3) is 3.94. The molecule has 0 bridgehead atoms. The Kier molecular flexibility index (Phi) is 6.16. The van der Waals surface area contributed by atoms with Crippen molar-refractivity contribution in [3.8, 4) is 5.75 Å². The van der Waals surface area contributed by atoms with Crippen LogP contribution < -0.4 is 19.9 Å². The van der Waals surface area contributed by atoms with E-state index in [0.29, 0.717) is 36.1 Å². The van der Waals surface area contributed by atoms with Gasteiger partial charge in [-0.1, -0.05) is 19.8 Å². The van der Waals surface area contributed by atoms with Crippen LogP contribution in [0, 0.1) is 0 Å². The quantitative estimate of drug-likeness (QED) is 0.670. The minimum absolute atomic E-state index is 0.0686. The number of carbonyl (C=O) groups is 2. The largest absolute Gasteiger partial charge is 0.492 e. The van der Waals surface area contributed by atoms with Gasteiger partial charge in [0.05, 0.1) is 24.1 Å². The van der Waals surface area contributed by atoms with Crippen molar-refractivity contribution in [2.24, 2.45) is 0 Å². The number of carboxylic acid groups (broad SMARTS) is 1. The van der Waals surface area contributed by atoms with E-state index in [0.717, 1.165) is 31.5 Å². The molecule has 9 heteroatoms. The number of anilines is 4. The second-order valence-electron chi connectivity index (χ2n) is 8.14. The average molecular weight is 440 g/mol. The Balaban J connectivity index is 1.72. The standard InChI is InChI=1S/C23H29N5O4/c1-4-17-21(29)27(3)18-13-24-23(26-20(18)28(17)15-8-6-7-9-15)25-16-11-10-14(22(30)31)12-19(16)32-5-2/h10-13,15,17H,4-9H2,1-3H3,(H,30,31)(H,24,25,26)/t17-/m1/s1. The zero-order valence-electron chi connectivity index (χ0n) is 18.7. The van der Waals surface area contributed by atoms with Gasteiger partial charge < -0.3 is 25.0 Å². The molecule has 1 aromatic carbocycles. The van der Waals surface area contributed by atoms with Crippen molar-refractivity contribution in [2.45, 2.75) is 58.0 Å². The van der Waals surface area contributed by atoms with Gasteiger partial charge in [0.25, 0.3) is 0 Å². The Bertz CT molecular complexity index is 1020. The summed E-state index contributed by atoms with van der Waals surface area (Å²) in [5, 5.41) is 12.5. The summed E-state index contributed by atoms with van der Waals surface area (Å²) in [7, 11) is 1.77. The molecule has 1 atom stereocenters. The van der Waals surface area contributed by atoms with E-state index in [4.69, 9.17) is 9.72 Å². The van der Waals surface area contributed by atoms with Crippen molar-refractivity contribution in [1.82, 2.24) is 9.97 Å². The zero-order chi connectivity index (χ0) is 22.8. The van der Waals surface area contributed by atoms with E-state index in [-0.39, 0.29) is 23.6 Å². The molecular weight excluding hydrogens is 410 g/mol. The molecule has 2 aromatic rings. The summed E-state index contributed by atoms with van der Waals surface area (Å²) in [5.74, 6) is 0.587. The normalized spacial score (nSPS) is 18.6. The minimum Gasteiger partial charge on any atom is -0.492 e. The molecule has 1 aromatic heterocycles. The molecule has 4 rings (SSSR count). The van der Waals surface area contributed by atoms with E-state index in [1.807, 2.05) is 13.8 Å². The van der Waals surface area contributed by atoms with Crippen molar-refractivity contribution < 1.29 is 19.4 Å². The SMILES string of the molecule is CCOc1cc(C(=O)O)ccc1Nc1ncc2c(n1)N(C1CCCC1)[C@H](CC)C(=O)N2C. The fraction of sp³-hybridized carbons (Fsp3) is 0.478. The lowest BCUT2D eigenvalue weighted by molar-refractivity contribution is -0.120. The molecular formula is C23H29N5O4. The summed E-state index contributed by atoms with van der Waals surface area (Å²) < 4.78 is 5.64. The van der Waals surface area contributed by atoms with Crippen molar-refractivity contribution >= 4 is 35.0 Å². The molecule has 32 heavy (non-hydrogen) atoms. The predicted octanol–water partition coefficient (Wildman–Crippen LogP) is 3.82. The first-order chi connectivity index (χ1) is 15.4. The van der Waals surface area contributed by atoms with Crippen molar-refractivity contribution in [3.05, 3.63) is 30.0 Å². The van der Waals surface area contributed by atoms with Gasteiger partial charge in [0.2, 0.25) is 11.9 Å². The van der Waals surface area contributed by atoms with Gasteiger partial charge in [0, 0.05) is 13.1 Å². The lowest BCUT2D eigenvalue weighted by Gasteiger charge is -2.43. The summed E-state index contributed by atoms with van der Waals surface area (Å²) in [6, 6.07) is 4.68. The number of benzene rings is 1. The van der Waals surface area contributed by atoms with E-state index in [1.165, 1.54) is 12.1 Å². The average Bonchev–Trinajstić information content (AvgIpc) is 3.31. The number of likely N-dealkylation sites (N-methyl/N-ethyl adjacent to an activating group) is 1. The fourth-order valence-electron chi connectivity index (χ4n) is 4.60. The van der Waals surface area contributed by atoms with Crippen LogP contribution in [-0.2, 0) is 4.79 Å². The van der Waals surface area contributed by atoms with Gasteiger partial charge in [-0.2, -0.15) is 4.98 Å². The lowest BCUT2D eigenvalue weighted by Crippen LogP contribution is -2.55. The van der Waals surface area contributed by atoms with Gasteiger partial charge in [0.15, 0.2) is 5.82 Å². The van der Waals surface area contributed by atoms with Crippen LogP contribution in [0.4, 0.5) is 23.1 Å². The summed E-state index contributed by atoms with van der Waals surface area (Å²) in [5.41, 5.74) is 1.42. The van der Waals surface area contributed by atoms with Gasteiger partial charge in [-0.05, 0) is 44.4 Å². The minimum atomic E-state index is -1.02. The van der Waals surface area contributed by atoms with Crippen molar-refractivity contribution in [3.63, 3.8) is 0 Å². The monoisotopic (exact) mass is 439 g/mol. The summed E-state index contributed by atoms with van der Waals surface area (Å²) in [4.78, 5) is 37.4. The number of nitrogens with zero attached hydrogens (tertiary/aromatic N) is 4.